The van der Waals surface area contributed by atoms with Crippen LogP contribution in [0.3, 0.4) is 0 Å². The van der Waals surface area contributed by atoms with Crippen molar-refractivity contribution in [2.24, 2.45) is 0 Å². The summed E-state index contributed by atoms with van der Waals surface area (Å²) in [6, 6.07) is 13.0. The number of halogens is 2. The van der Waals surface area contributed by atoms with E-state index in [1.54, 1.807) is 24.3 Å². The van der Waals surface area contributed by atoms with Crippen LogP contribution in [0.2, 0.25) is 0 Å². The molecule has 2 aliphatic heterocycles. The minimum atomic E-state index is -0.611. The smallest absolute Gasteiger partial charge is 0.233 e. The van der Waals surface area contributed by atoms with E-state index in [9.17, 15) is 13.6 Å². The van der Waals surface area contributed by atoms with Gasteiger partial charge in [0, 0.05) is 19.5 Å². The molecular formula is C26H29F2NO3. The highest BCUT2D eigenvalue weighted by molar-refractivity contribution is 5.88. The van der Waals surface area contributed by atoms with Gasteiger partial charge in [0.15, 0.2) is 11.6 Å². The maximum absolute atomic E-state index is 13.9. The van der Waals surface area contributed by atoms with Crippen molar-refractivity contribution in [3.63, 3.8) is 0 Å². The lowest BCUT2D eigenvalue weighted by atomic mass is 9.76. The number of likely N-dealkylation sites (tertiary alicyclic amines) is 1. The van der Waals surface area contributed by atoms with Gasteiger partial charge in [0.05, 0.1) is 17.6 Å². The fraction of sp³-hybridized carbons (Fsp3) is 0.500. The summed E-state index contributed by atoms with van der Waals surface area (Å²) in [6.45, 7) is 1.65. The van der Waals surface area contributed by atoms with Gasteiger partial charge in [-0.05, 0) is 55.5 Å². The minimum absolute atomic E-state index is 0.118. The monoisotopic (exact) mass is 441 g/mol. The predicted octanol–water partition coefficient (Wildman–Crippen LogP) is 5.01. The van der Waals surface area contributed by atoms with Gasteiger partial charge < -0.3 is 14.4 Å². The third kappa shape index (κ3) is 3.90. The molecule has 4 nitrogen and oxygen atoms in total. The number of para-hydroxylation sites is 1. The van der Waals surface area contributed by atoms with Gasteiger partial charge in [-0.15, -0.1) is 0 Å². The van der Waals surface area contributed by atoms with Crippen molar-refractivity contribution >= 4 is 5.91 Å². The number of rotatable bonds is 4. The van der Waals surface area contributed by atoms with E-state index in [-0.39, 0.29) is 35.0 Å². The Morgan fingerprint density at radius 3 is 2.47 bits per heavy atom. The van der Waals surface area contributed by atoms with Crippen molar-refractivity contribution in [3.05, 3.63) is 65.7 Å². The molecule has 170 valence electrons. The van der Waals surface area contributed by atoms with E-state index >= 15 is 0 Å². The molecule has 1 saturated carbocycles. The molecule has 1 spiro atoms. The van der Waals surface area contributed by atoms with E-state index in [1.807, 2.05) is 11.0 Å². The number of carbonyl (C=O) groups is 1. The Morgan fingerprint density at radius 1 is 1.00 bits per heavy atom. The molecule has 1 aliphatic carbocycles. The number of carbonyl (C=O) groups excluding carboxylic acids is 1. The average Bonchev–Trinajstić information content (AvgIpc) is 3.44. The Hall–Kier alpha value is -2.47. The first-order chi connectivity index (χ1) is 15.5. The predicted molar refractivity (Wildman–Crippen MR) is 116 cm³/mol. The molecule has 0 radical (unpaired) electrons. The van der Waals surface area contributed by atoms with Crippen LogP contribution in [0.15, 0.2) is 48.5 Å². The van der Waals surface area contributed by atoms with E-state index < -0.39 is 5.41 Å². The van der Waals surface area contributed by atoms with E-state index in [0.717, 1.165) is 44.1 Å². The summed E-state index contributed by atoms with van der Waals surface area (Å²) in [5, 5.41) is 0. The van der Waals surface area contributed by atoms with Crippen molar-refractivity contribution in [1.29, 1.82) is 0 Å². The van der Waals surface area contributed by atoms with Crippen LogP contribution in [0.1, 0.15) is 50.5 Å². The molecule has 1 amide bonds. The quantitative estimate of drug-likeness (QED) is 0.670. The zero-order valence-corrected chi connectivity index (χ0v) is 18.2. The second kappa shape index (κ2) is 8.47. The Kier molecular flexibility index (Phi) is 5.66. The van der Waals surface area contributed by atoms with Gasteiger partial charge >= 0.3 is 0 Å². The summed E-state index contributed by atoms with van der Waals surface area (Å²) in [7, 11) is 0. The van der Waals surface area contributed by atoms with Crippen molar-refractivity contribution < 1.29 is 23.0 Å². The second-order valence-electron chi connectivity index (χ2n) is 9.46. The van der Waals surface area contributed by atoms with Crippen LogP contribution < -0.4 is 4.74 Å². The fourth-order valence-electron chi connectivity index (χ4n) is 5.76. The van der Waals surface area contributed by atoms with Crippen LogP contribution in [0.5, 0.6) is 5.75 Å². The first kappa shape index (κ1) is 21.4. The number of ether oxygens (including phenoxy) is 2. The average molecular weight is 442 g/mol. The van der Waals surface area contributed by atoms with Gasteiger partial charge in [-0.3, -0.25) is 4.79 Å². The van der Waals surface area contributed by atoms with Crippen molar-refractivity contribution in [2.75, 3.05) is 19.7 Å². The number of nitrogens with zero attached hydrogens (tertiary/aromatic N) is 1. The number of hydrogen-bond donors (Lipinski definition) is 0. The Morgan fingerprint density at radius 2 is 1.75 bits per heavy atom. The number of hydrogen-bond acceptors (Lipinski definition) is 3. The molecule has 3 aliphatic rings. The molecule has 5 rings (SSSR count). The maximum atomic E-state index is 13.9. The summed E-state index contributed by atoms with van der Waals surface area (Å²) in [4.78, 5) is 15.6. The van der Waals surface area contributed by atoms with Gasteiger partial charge in [0.2, 0.25) is 5.91 Å². The lowest BCUT2D eigenvalue weighted by Crippen LogP contribution is -2.52. The van der Waals surface area contributed by atoms with Gasteiger partial charge in [-0.25, -0.2) is 8.78 Å². The van der Waals surface area contributed by atoms with E-state index in [4.69, 9.17) is 9.47 Å². The molecule has 0 bridgehead atoms. The van der Waals surface area contributed by atoms with Gasteiger partial charge in [-0.1, -0.05) is 37.1 Å². The minimum Gasteiger partial charge on any atom is -0.485 e. The molecular weight excluding hydrogens is 412 g/mol. The molecule has 2 aromatic rings. The second-order valence-corrected chi connectivity index (χ2v) is 9.46. The van der Waals surface area contributed by atoms with Crippen LogP contribution in [-0.4, -0.2) is 42.2 Å². The first-order valence-corrected chi connectivity index (χ1v) is 11.6. The van der Waals surface area contributed by atoms with Gasteiger partial charge in [-0.2, -0.15) is 0 Å². The Balaban J connectivity index is 1.24. The zero-order chi connectivity index (χ0) is 22.2. The lowest BCUT2D eigenvalue weighted by Gasteiger charge is -2.42. The maximum Gasteiger partial charge on any atom is 0.233 e. The Bertz CT molecular complexity index is 981. The molecule has 2 heterocycles. The SMILES string of the molecule is O=C(N1CCC2(CC1)C[C@@H](Oc1ccccc1F)CO2)C1(c2cccc(F)c2)CCCC1. The normalized spacial score (nSPS) is 24.1. The summed E-state index contributed by atoms with van der Waals surface area (Å²) in [6.07, 6.45) is 5.47. The summed E-state index contributed by atoms with van der Waals surface area (Å²) in [5.74, 6) is -0.288. The van der Waals surface area contributed by atoms with E-state index in [2.05, 4.69) is 0 Å². The molecule has 2 aromatic carbocycles. The highest BCUT2D eigenvalue weighted by atomic mass is 19.1. The number of piperidine rings is 1. The van der Waals surface area contributed by atoms with Crippen LogP contribution in [-0.2, 0) is 14.9 Å². The molecule has 3 fully saturated rings. The van der Waals surface area contributed by atoms with Crippen molar-refractivity contribution in [1.82, 2.24) is 4.90 Å². The molecule has 0 aromatic heterocycles. The molecule has 0 N–H and O–H groups in total. The van der Waals surface area contributed by atoms with Crippen LogP contribution >= 0.6 is 0 Å². The lowest BCUT2D eigenvalue weighted by molar-refractivity contribution is -0.142. The first-order valence-electron chi connectivity index (χ1n) is 11.6. The molecule has 1 atom stereocenters. The van der Waals surface area contributed by atoms with Crippen LogP contribution in [0, 0.1) is 11.6 Å². The van der Waals surface area contributed by atoms with Crippen LogP contribution in [0.4, 0.5) is 8.78 Å². The summed E-state index contributed by atoms with van der Waals surface area (Å²) >= 11 is 0. The van der Waals surface area contributed by atoms with Crippen molar-refractivity contribution in [2.45, 2.75) is 62.1 Å². The molecule has 6 heteroatoms. The molecule has 32 heavy (non-hydrogen) atoms. The van der Waals surface area contributed by atoms with Crippen molar-refractivity contribution in [3.8, 4) is 5.75 Å². The molecule has 2 saturated heterocycles. The highest BCUT2D eigenvalue weighted by Crippen LogP contribution is 2.45. The third-order valence-electron chi connectivity index (χ3n) is 7.51. The standard InChI is InChI=1S/C26H29F2NO3/c27-20-7-5-6-19(16-20)26(10-3-4-11-26)24(30)29-14-12-25(13-15-29)17-21(18-31-25)32-23-9-2-1-8-22(23)28/h1-2,5-9,16,21H,3-4,10-15,17-18H2/t21-/m1/s1. The van der Waals surface area contributed by atoms with E-state index in [1.165, 1.54) is 18.2 Å². The largest absolute Gasteiger partial charge is 0.485 e. The third-order valence-corrected chi connectivity index (χ3v) is 7.51. The zero-order valence-electron chi connectivity index (χ0n) is 18.2. The van der Waals surface area contributed by atoms with Gasteiger partial charge in [0.1, 0.15) is 11.9 Å². The van der Waals surface area contributed by atoms with Crippen LogP contribution in [0.25, 0.3) is 0 Å². The summed E-state index contributed by atoms with van der Waals surface area (Å²) < 4.78 is 39.9. The fourth-order valence-corrected chi connectivity index (χ4v) is 5.76. The Labute approximate surface area is 187 Å². The topological polar surface area (TPSA) is 38.8 Å². The van der Waals surface area contributed by atoms with Gasteiger partial charge in [0.25, 0.3) is 0 Å². The highest BCUT2D eigenvalue weighted by Gasteiger charge is 2.49. The molecule has 0 unspecified atom stereocenters. The summed E-state index contributed by atoms with van der Waals surface area (Å²) in [5.41, 5.74) is -0.135. The van der Waals surface area contributed by atoms with E-state index in [0.29, 0.717) is 26.1 Å². The number of benzene rings is 2. The number of amides is 1.